The minimum Gasteiger partial charge on any atom is -0.395 e. The second-order valence-electron chi connectivity index (χ2n) is 4.72. The molecular formula is C14H20N4OS. The Morgan fingerprint density at radius 2 is 2.30 bits per heavy atom. The lowest BCUT2D eigenvalue weighted by Gasteiger charge is -2.17. The Labute approximate surface area is 123 Å². The van der Waals surface area contributed by atoms with Gasteiger partial charge < -0.3 is 10.6 Å². The monoisotopic (exact) mass is 292 g/mol. The van der Waals surface area contributed by atoms with E-state index < -0.39 is 0 Å². The fourth-order valence-corrected chi connectivity index (χ4v) is 2.76. The molecule has 20 heavy (non-hydrogen) atoms. The Balaban J connectivity index is 2.10. The fraction of sp³-hybridized carbons (Fsp3) is 0.429. The summed E-state index contributed by atoms with van der Waals surface area (Å²) in [5.74, 6) is -0.0680. The predicted octanol–water partition coefficient (Wildman–Crippen LogP) is 2.17. The summed E-state index contributed by atoms with van der Waals surface area (Å²) in [7, 11) is 1.80. The van der Waals surface area contributed by atoms with Crippen LogP contribution in [0.25, 0.3) is 0 Å². The van der Waals surface area contributed by atoms with Crippen LogP contribution in [0.3, 0.4) is 0 Å². The van der Waals surface area contributed by atoms with Crippen LogP contribution in [0.4, 0.5) is 5.69 Å². The first kappa shape index (κ1) is 14.6. The van der Waals surface area contributed by atoms with Gasteiger partial charge in [0.1, 0.15) is 5.69 Å². The van der Waals surface area contributed by atoms with Crippen LogP contribution < -0.4 is 5.73 Å². The van der Waals surface area contributed by atoms with Gasteiger partial charge in [-0.2, -0.15) is 5.10 Å². The molecule has 6 heteroatoms. The maximum Gasteiger partial charge on any atom is 0.274 e. The van der Waals surface area contributed by atoms with Gasteiger partial charge in [0.25, 0.3) is 5.91 Å². The molecule has 0 fully saturated rings. The number of aryl methyl sites for hydroxylation is 2. The molecule has 0 saturated carbocycles. The molecule has 2 rings (SSSR count). The Morgan fingerprint density at radius 3 is 2.90 bits per heavy atom. The molecule has 0 aromatic carbocycles. The van der Waals surface area contributed by atoms with Crippen LogP contribution in [0.1, 0.15) is 28.0 Å². The molecule has 0 spiro atoms. The molecule has 2 aromatic rings. The van der Waals surface area contributed by atoms with Crippen LogP contribution in [0.15, 0.2) is 17.5 Å². The Hall–Kier alpha value is -1.82. The number of likely N-dealkylation sites (N-methyl/N-ethyl adjacent to an activating group) is 1. The molecule has 0 aliphatic heterocycles. The smallest absolute Gasteiger partial charge is 0.274 e. The van der Waals surface area contributed by atoms with Crippen LogP contribution in [0.2, 0.25) is 0 Å². The minimum absolute atomic E-state index is 0.0680. The molecule has 0 saturated heterocycles. The number of hydrogen-bond donors (Lipinski definition) is 1. The maximum atomic E-state index is 12.5. The van der Waals surface area contributed by atoms with E-state index in [-0.39, 0.29) is 5.91 Å². The van der Waals surface area contributed by atoms with E-state index in [9.17, 15) is 4.79 Å². The summed E-state index contributed by atoms with van der Waals surface area (Å²) in [5.41, 5.74) is 7.67. The van der Waals surface area contributed by atoms with Crippen molar-refractivity contribution in [3.8, 4) is 0 Å². The van der Waals surface area contributed by atoms with E-state index in [1.165, 1.54) is 4.88 Å². The SMILES string of the molecule is CCn1nc(C)c(N)c1C(=O)N(C)CCc1cccs1. The van der Waals surface area contributed by atoms with E-state index in [4.69, 9.17) is 5.73 Å². The number of amides is 1. The molecule has 108 valence electrons. The second-order valence-corrected chi connectivity index (χ2v) is 5.75. The Morgan fingerprint density at radius 1 is 1.55 bits per heavy atom. The lowest BCUT2D eigenvalue weighted by Crippen LogP contribution is -2.31. The number of carbonyl (C=O) groups excluding carboxylic acids is 1. The first-order valence-electron chi connectivity index (χ1n) is 6.65. The van der Waals surface area contributed by atoms with Crippen LogP contribution in [0, 0.1) is 6.92 Å². The van der Waals surface area contributed by atoms with Gasteiger partial charge in [-0.3, -0.25) is 9.48 Å². The molecule has 0 aliphatic carbocycles. The van der Waals surface area contributed by atoms with Gasteiger partial charge >= 0.3 is 0 Å². The highest BCUT2D eigenvalue weighted by molar-refractivity contribution is 7.09. The fourth-order valence-electron chi connectivity index (χ4n) is 2.06. The number of hydrogen-bond acceptors (Lipinski definition) is 4. The van der Waals surface area contributed by atoms with Crippen molar-refractivity contribution in [2.45, 2.75) is 26.8 Å². The first-order valence-corrected chi connectivity index (χ1v) is 7.53. The van der Waals surface area contributed by atoms with Gasteiger partial charge in [-0.15, -0.1) is 11.3 Å². The zero-order valence-corrected chi connectivity index (χ0v) is 12.9. The van der Waals surface area contributed by atoms with Gasteiger partial charge in [-0.05, 0) is 31.7 Å². The van der Waals surface area contributed by atoms with E-state index in [1.807, 2.05) is 25.3 Å². The molecule has 0 atom stereocenters. The molecule has 0 radical (unpaired) electrons. The first-order chi connectivity index (χ1) is 9.54. The number of carbonyl (C=O) groups is 1. The lowest BCUT2D eigenvalue weighted by molar-refractivity contribution is 0.0785. The average molecular weight is 292 g/mol. The maximum absolute atomic E-state index is 12.5. The molecule has 0 aliphatic rings. The van der Waals surface area contributed by atoms with Crippen LogP contribution in [-0.4, -0.2) is 34.2 Å². The van der Waals surface area contributed by atoms with Crippen molar-refractivity contribution in [3.05, 3.63) is 33.8 Å². The van der Waals surface area contributed by atoms with Crippen molar-refractivity contribution in [2.75, 3.05) is 19.3 Å². The summed E-state index contributed by atoms with van der Waals surface area (Å²) in [6, 6.07) is 4.10. The van der Waals surface area contributed by atoms with E-state index in [2.05, 4.69) is 11.2 Å². The standard InChI is InChI=1S/C14H20N4OS/c1-4-18-13(12(15)10(2)16-18)14(19)17(3)8-7-11-6-5-9-20-11/h5-6,9H,4,7-8,15H2,1-3H3. The Kier molecular flexibility index (Phi) is 4.44. The quantitative estimate of drug-likeness (QED) is 0.918. The molecular weight excluding hydrogens is 272 g/mol. The third kappa shape index (κ3) is 2.85. The minimum atomic E-state index is -0.0680. The van der Waals surface area contributed by atoms with E-state index >= 15 is 0 Å². The van der Waals surface area contributed by atoms with Crippen LogP contribution >= 0.6 is 11.3 Å². The van der Waals surface area contributed by atoms with E-state index in [0.717, 1.165) is 6.42 Å². The summed E-state index contributed by atoms with van der Waals surface area (Å²) in [4.78, 5) is 15.5. The molecule has 1 amide bonds. The zero-order chi connectivity index (χ0) is 14.7. The third-order valence-corrected chi connectivity index (χ3v) is 4.23. The number of nitrogens with zero attached hydrogens (tertiary/aromatic N) is 3. The highest BCUT2D eigenvalue weighted by Crippen LogP contribution is 2.18. The van der Waals surface area contributed by atoms with E-state index in [1.54, 1.807) is 28.0 Å². The Bertz CT molecular complexity index is 589. The van der Waals surface area contributed by atoms with E-state index in [0.29, 0.717) is 30.2 Å². The average Bonchev–Trinajstić information content (AvgIpc) is 3.04. The highest BCUT2D eigenvalue weighted by Gasteiger charge is 2.22. The predicted molar refractivity (Wildman–Crippen MR) is 82.0 cm³/mol. The zero-order valence-electron chi connectivity index (χ0n) is 12.1. The lowest BCUT2D eigenvalue weighted by atomic mass is 10.2. The number of anilines is 1. The van der Waals surface area contributed by atoms with Gasteiger partial charge in [-0.1, -0.05) is 6.07 Å². The molecule has 5 nitrogen and oxygen atoms in total. The van der Waals surface area contributed by atoms with Gasteiger partial charge in [-0.25, -0.2) is 0 Å². The molecule has 2 aromatic heterocycles. The van der Waals surface area contributed by atoms with Gasteiger partial charge in [0.05, 0.1) is 11.4 Å². The molecule has 0 bridgehead atoms. The van der Waals surface area contributed by atoms with Gasteiger partial charge in [0.15, 0.2) is 0 Å². The largest absolute Gasteiger partial charge is 0.395 e. The van der Waals surface area contributed by atoms with Crippen molar-refractivity contribution in [1.82, 2.24) is 14.7 Å². The molecule has 2 heterocycles. The summed E-state index contributed by atoms with van der Waals surface area (Å²) in [6.07, 6.45) is 0.860. The topological polar surface area (TPSA) is 64.2 Å². The van der Waals surface area contributed by atoms with Crippen molar-refractivity contribution < 1.29 is 4.79 Å². The molecule has 0 unspecified atom stereocenters. The number of thiophene rings is 1. The highest BCUT2D eigenvalue weighted by atomic mass is 32.1. The van der Waals surface area contributed by atoms with Gasteiger partial charge in [0, 0.05) is 25.0 Å². The summed E-state index contributed by atoms with van der Waals surface area (Å²) < 4.78 is 1.68. The van der Waals surface area contributed by atoms with Crippen molar-refractivity contribution in [2.24, 2.45) is 0 Å². The van der Waals surface area contributed by atoms with Crippen LogP contribution in [-0.2, 0) is 13.0 Å². The van der Waals surface area contributed by atoms with Crippen molar-refractivity contribution in [3.63, 3.8) is 0 Å². The van der Waals surface area contributed by atoms with Crippen LogP contribution in [0.5, 0.6) is 0 Å². The summed E-state index contributed by atoms with van der Waals surface area (Å²) in [5, 5.41) is 6.33. The summed E-state index contributed by atoms with van der Waals surface area (Å²) in [6.45, 7) is 5.09. The number of rotatable bonds is 5. The second kappa shape index (κ2) is 6.09. The normalized spacial score (nSPS) is 10.8. The third-order valence-electron chi connectivity index (χ3n) is 3.30. The van der Waals surface area contributed by atoms with Crippen molar-refractivity contribution >= 4 is 22.9 Å². The number of aromatic nitrogens is 2. The van der Waals surface area contributed by atoms with Gasteiger partial charge in [0.2, 0.25) is 0 Å². The summed E-state index contributed by atoms with van der Waals surface area (Å²) >= 11 is 1.71. The number of nitrogen functional groups attached to an aromatic ring is 1. The van der Waals surface area contributed by atoms with Crippen molar-refractivity contribution in [1.29, 1.82) is 0 Å². The molecule has 2 N–H and O–H groups in total. The number of nitrogens with two attached hydrogens (primary N) is 1.